The van der Waals surface area contributed by atoms with Gasteiger partial charge in [-0.25, -0.2) is 0 Å². The van der Waals surface area contributed by atoms with Gasteiger partial charge in [0.2, 0.25) is 11.0 Å². The number of anilines is 4. The molecule has 0 aliphatic rings. The van der Waals surface area contributed by atoms with E-state index in [0.717, 1.165) is 17.2 Å². The van der Waals surface area contributed by atoms with Crippen molar-refractivity contribution in [2.75, 3.05) is 28.8 Å². The molecule has 0 aliphatic heterocycles. The van der Waals surface area contributed by atoms with Crippen molar-refractivity contribution in [1.82, 2.24) is 10.2 Å². The molecule has 0 atom stereocenters. The molecule has 0 aliphatic carbocycles. The van der Waals surface area contributed by atoms with Crippen molar-refractivity contribution in [3.05, 3.63) is 109 Å². The van der Waals surface area contributed by atoms with E-state index in [-0.39, 0.29) is 17.6 Å². The maximum atomic E-state index is 12.5. The number of ether oxygens (including phenoxy) is 2. The Morgan fingerprint density at radius 1 is 0.732 bits per heavy atom. The van der Waals surface area contributed by atoms with Gasteiger partial charge < -0.3 is 25.4 Å². The van der Waals surface area contributed by atoms with Crippen LogP contribution in [0.4, 0.5) is 22.2 Å². The highest BCUT2D eigenvalue weighted by atomic mass is 32.2. The molecule has 41 heavy (non-hydrogen) atoms. The first kappa shape index (κ1) is 27.7. The van der Waals surface area contributed by atoms with Crippen LogP contribution >= 0.6 is 23.1 Å². The summed E-state index contributed by atoms with van der Waals surface area (Å²) in [7, 11) is 1.59. The van der Waals surface area contributed by atoms with Gasteiger partial charge in [-0.05, 0) is 84.9 Å². The molecule has 1 aromatic heterocycles. The van der Waals surface area contributed by atoms with Gasteiger partial charge in [0.1, 0.15) is 17.2 Å². The molecule has 11 heteroatoms. The molecule has 0 spiro atoms. The molecule has 0 fully saturated rings. The van der Waals surface area contributed by atoms with Crippen molar-refractivity contribution in [2.45, 2.75) is 4.34 Å². The molecule has 0 saturated heterocycles. The van der Waals surface area contributed by atoms with Crippen LogP contribution in [0.5, 0.6) is 17.2 Å². The maximum absolute atomic E-state index is 12.5. The van der Waals surface area contributed by atoms with Gasteiger partial charge in [-0.3, -0.25) is 9.59 Å². The van der Waals surface area contributed by atoms with Crippen LogP contribution in [0.1, 0.15) is 10.4 Å². The minimum absolute atomic E-state index is 0.167. The van der Waals surface area contributed by atoms with Gasteiger partial charge in [0.25, 0.3) is 5.91 Å². The minimum atomic E-state index is -0.249. The van der Waals surface area contributed by atoms with Crippen molar-refractivity contribution in [2.24, 2.45) is 0 Å². The fourth-order valence-corrected chi connectivity index (χ4v) is 5.15. The molecule has 206 valence electrons. The van der Waals surface area contributed by atoms with Crippen molar-refractivity contribution < 1.29 is 19.1 Å². The number of thioether (sulfide) groups is 1. The molecule has 5 aromatic rings. The van der Waals surface area contributed by atoms with Crippen molar-refractivity contribution in [1.29, 1.82) is 0 Å². The Morgan fingerprint density at radius 2 is 1.34 bits per heavy atom. The van der Waals surface area contributed by atoms with Gasteiger partial charge in [-0.2, -0.15) is 0 Å². The fraction of sp³-hybridized carbons (Fsp3) is 0.0667. The average Bonchev–Trinajstić information content (AvgIpc) is 3.45. The third-order valence-corrected chi connectivity index (χ3v) is 7.57. The number of carbonyl (C=O) groups excluding carboxylic acids is 2. The summed E-state index contributed by atoms with van der Waals surface area (Å²) in [6.45, 7) is 0. The van der Waals surface area contributed by atoms with Gasteiger partial charge in [0.15, 0.2) is 4.34 Å². The zero-order valence-electron chi connectivity index (χ0n) is 21.9. The minimum Gasteiger partial charge on any atom is -0.497 e. The lowest BCUT2D eigenvalue weighted by atomic mass is 10.2. The van der Waals surface area contributed by atoms with Gasteiger partial charge >= 0.3 is 0 Å². The fourth-order valence-electron chi connectivity index (χ4n) is 3.58. The lowest BCUT2D eigenvalue weighted by Gasteiger charge is -2.08. The smallest absolute Gasteiger partial charge is 0.255 e. The topological polar surface area (TPSA) is 114 Å². The number of carbonyl (C=O) groups is 2. The summed E-state index contributed by atoms with van der Waals surface area (Å²) in [5.41, 5.74) is 2.57. The van der Waals surface area contributed by atoms with Gasteiger partial charge in [0.05, 0.1) is 12.9 Å². The standard InChI is InChI=1S/C30H25N5O4S2/c1-38-24-15-11-22(12-16-24)32-28(37)20-7-9-21(10-8-20)31-27(36)19-40-30-35-34-29(41-30)33-23-13-17-26(18-14-23)39-25-5-3-2-4-6-25/h2-18H,19H2,1H3,(H,31,36)(H,32,37)(H,33,34). The highest BCUT2D eigenvalue weighted by molar-refractivity contribution is 8.01. The molecule has 0 radical (unpaired) electrons. The summed E-state index contributed by atoms with van der Waals surface area (Å²) < 4.78 is 11.6. The highest BCUT2D eigenvalue weighted by Gasteiger charge is 2.11. The third kappa shape index (κ3) is 8.07. The Kier molecular flexibility index (Phi) is 9.09. The van der Waals surface area contributed by atoms with E-state index in [4.69, 9.17) is 9.47 Å². The molecule has 0 saturated carbocycles. The molecule has 1 heterocycles. The monoisotopic (exact) mass is 583 g/mol. The zero-order valence-corrected chi connectivity index (χ0v) is 23.5. The van der Waals surface area contributed by atoms with Crippen molar-refractivity contribution in [3.63, 3.8) is 0 Å². The second-order valence-electron chi connectivity index (χ2n) is 8.53. The zero-order chi connectivity index (χ0) is 28.4. The van der Waals surface area contributed by atoms with Gasteiger partial charge in [0, 0.05) is 22.6 Å². The van der Waals surface area contributed by atoms with E-state index in [9.17, 15) is 9.59 Å². The number of amides is 2. The summed E-state index contributed by atoms with van der Waals surface area (Å²) in [5.74, 6) is 1.94. The largest absolute Gasteiger partial charge is 0.497 e. The van der Waals surface area contributed by atoms with E-state index in [1.807, 2.05) is 54.6 Å². The number of para-hydroxylation sites is 1. The van der Waals surface area contributed by atoms with Crippen LogP contribution in [0.3, 0.4) is 0 Å². The number of rotatable bonds is 11. The van der Waals surface area contributed by atoms with E-state index in [0.29, 0.717) is 32.2 Å². The van der Waals surface area contributed by atoms with E-state index >= 15 is 0 Å². The Labute approximate surface area is 244 Å². The van der Waals surface area contributed by atoms with Crippen molar-refractivity contribution >= 4 is 57.1 Å². The second-order valence-corrected chi connectivity index (χ2v) is 10.7. The molecule has 4 aromatic carbocycles. The molecule has 0 bridgehead atoms. The van der Waals surface area contributed by atoms with Gasteiger partial charge in [-0.15, -0.1) is 10.2 Å². The second kappa shape index (κ2) is 13.5. The van der Waals surface area contributed by atoms with Crippen LogP contribution in [-0.4, -0.2) is 34.9 Å². The van der Waals surface area contributed by atoms with Crippen LogP contribution in [0.2, 0.25) is 0 Å². The predicted molar refractivity (Wildman–Crippen MR) is 163 cm³/mol. The van der Waals surface area contributed by atoms with Crippen LogP contribution < -0.4 is 25.4 Å². The Hall–Kier alpha value is -4.87. The van der Waals surface area contributed by atoms with Crippen LogP contribution in [0, 0.1) is 0 Å². The van der Waals surface area contributed by atoms with Crippen LogP contribution in [-0.2, 0) is 4.79 Å². The lowest BCUT2D eigenvalue weighted by molar-refractivity contribution is -0.113. The quantitative estimate of drug-likeness (QED) is 0.142. The molecule has 3 N–H and O–H groups in total. The molecular weight excluding hydrogens is 558 g/mol. The number of nitrogens with zero attached hydrogens (tertiary/aromatic N) is 2. The number of methoxy groups -OCH3 is 1. The lowest BCUT2D eigenvalue weighted by Crippen LogP contribution is -2.15. The maximum Gasteiger partial charge on any atom is 0.255 e. The Morgan fingerprint density at radius 3 is 2.05 bits per heavy atom. The predicted octanol–water partition coefficient (Wildman–Crippen LogP) is 7.07. The van der Waals surface area contributed by atoms with E-state index in [1.54, 1.807) is 55.6 Å². The molecular formula is C30H25N5O4S2. The van der Waals surface area contributed by atoms with Gasteiger partial charge in [-0.1, -0.05) is 41.3 Å². The first-order valence-electron chi connectivity index (χ1n) is 12.5. The summed E-state index contributed by atoms with van der Waals surface area (Å²) >= 11 is 2.65. The number of benzene rings is 4. The summed E-state index contributed by atoms with van der Waals surface area (Å²) in [5, 5.41) is 17.8. The normalized spacial score (nSPS) is 10.5. The number of nitrogens with one attached hydrogen (secondary N) is 3. The third-order valence-electron chi connectivity index (χ3n) is 5.60. The number of hydrogen-bond acceptors (Lipinski definition) is 9. The molecule has 2 amide bonds. The Balaban J connectivity index is 1.06. The van der Waals surface area contributed by atoms with E-state index in [1.165, 1.54) is 23.1 Å². The summed E-state index contributed by atoms with van der Waals surface area (Å²) in [6.07, 6.45) is 0. The molecule has 5 rings (SSSR count). The van der Waals surface area contributed by atoms with E-state index in [2.05, 4.69) is 26.1 Å². The summed E-state index contributed by atoms with van der Waals surface area (Å²) in [6, 6.07) is 30.9. The van der Waals surface area contributed by atoms with Crippen molar-refractivity contribution in [3.8, 4) is 17.2 Å². The first-order chi connectivity index (χ1) is 20.0. The van der Waals surface area contributed by atoms with Crippen LogP contribution in [0.25, 0.3) is 0 Å². The number of aromatic nitrogens is 2. The van der Waals surface area contributed by atoms with E-state index < -0.39 is 0 Å². The highest BCUT2D eigenvalue weighted by Crippen LogP contribution is 2.29. The Bertz CT molecular complexity index is 1590. The molecule has 0 unspecified atom stereocenters. The number of hydrogen-bond donors (Lipinski definition) is 3. The first-order valence-corrected chi connectivity index (χ1v) is 14.3. The average molecular weight is 584 g/mol. The molecule has 9 nitrogen and oxygen atoms in total. The van der Waals surface area contributed by atoms with Crippen LogP contribution in [0.15, 0.2) is 107 Å². The SMILES string of the molecule is COc1ccc(NC(=O)c2ccc(NC(=O)CSc3nnc(Nc4ccc(Oc5ccccc5)cc4)s3)cc2)cc1. The summed E-state index contributed by atoms with van der Waals surface area (Å²) in [4.78, 5) is 25.0.